The number of carbonyl (C=O) groups is 1. The number of carboxylic acid groups (broad SMARTS) is 1. The second-order valence-electron chi connectivity index (χ2n) is 5.33. The Morgan fingerprint density at radius 2 is 1.75 bits per heavy atom. The molecule has 0 atom stereocenters. The van der Waals surface area contributed by atoms with E-state index in [1.807, 2.05) is 48.5 Å². The molecule has 0 saturated carbocycles. The van der Waals surface area contributed by atoms with Crippen LogP contribution in [-0.4, -0.2) is 34.1 Å². The molecular formula is C18H14N2O4. The van der Waals surface area contributed by atoms with Crippen LogP contribution in [-0.2, 0) is 0 Å². The van der Waals surface area contributed by atoms with Crippen molar-refractivity contribution in [3.05, 3.63) is 60.3 Å². The molecule has 120 valence electrons. The maximum Gasteiger partial charge on any atom is 0.354 e. The lowest BCUT2D eigenvalue weighted by molar-refractivity contribution is 0.0687. The number of aromatic carboxylic acids is 1. The lowest BCUT2D eigenvalue weighted by atomic mass is 10.1. The quantitative estimate of drug-likeness (QED) is 0.802. The summed E-state index contributed by atoms with van der Waals surface area (Å²) in [6.07, 6.45) is 0. The van der Waals surface area contributed by atoms with E-state index in [2.05, 4.69) is 5.10 Å². The number of nitrogens with zero attached hydrogens (tertiary/aromatic N) is 2. The number of para-hydroxylation sites is 1. The highest BCUT2D eigenvalue weighted by Crippen LogP contribution is 2.34. The third-order valence-corrected chi connectivity index (χ3v) is 3.77. The van der Waals surface area contributed by atoms with Crippen molar-refractivity contribution in [2.45, 2.75) is 0 Å². The van der Waals surface area contributed by atoms with Crippen molar-refractivity contribution in [3.8, 4) is 28.4 Å². The molecule has 3 aromatic rings. The maximum atomic E-state index is 11.6. The van der Waals surface area contributed by atoms with Gasteiger partial charge in [0.15, 0.2) is 17.2 Å². The fourth-order valence-electron chi connectivity index (χ4n) is 2.64. The Balaban J connectivity index is 1.81. The molecule has 0 amide bonds. The minimum atomic E-state index is -1.03. The first kappa shape index (κ1) is 14.3. The number of benzene rings is 2. The molecule has 2 heterocycles. The van der Waals surface area contributed by atoms with Gasteiger partial charge < -0.3 is 14.6 Å². The first-order chi connectivity index (χ1) is 11.7. The van der Waals surface area contributed by atoms with Crippen LogP contribution in [0.15, 0.2) is 54.6 Å². The molecule has 0 spiro atoms. The Morgan fingerprint density at radius 1 is 1.00 bits per heavy atom. The average molecular weight is 322 g/mol. The van der Waals surface area contributed by atoms with Crippen molar-refractivity contribution in [3.63, 3.8) is 0 Å². The molecule has 4 rings (SSSR count). The average Bonchev–Trinajstić information content (AvgIpc) is 3.08. The van der Waals surface area contributed by atoms with Crippen LogP contribution >= 0.6 is 0 Å². The molecule has 1 aliphatic heterocycles. The molecule has 1 N–H and O–H groups in total. The van der Waals surface area contributed by atoms with Gasteiger partial charge in [-0.15, -0.1) is 0 Å². The lowest BCUT2D eigenvalue weighted by Gasteiger charge is -2.18. The normalized spacial score (nSPS) is 12.8. The van der Waals surface area contributed by atoms with E-state index >= 15 is 0 Å². The Labute approximate surface area is 137 Å². The third-order valence-electron chi connectivity index (χ3n) is 3.77. The zero-order valence-electron chi connectivity index (χ0n) is 12.7. The number of ether oxygens (including phenoxy) is 2. The van der Waals surface area contributed by atoms with Gasteiger partial charge in [0.05, 0.1) is 11.4 Å². The van der Waals surface area contributed by atoms with E-state index in [4.69, 9.17) is 9.47 Å². The van der Waals surface area contributed by atoms with Gasteiger partial charge in [-0.2, -0.15) is 5.10 Å². The molecule has 0 bridgehead atoms. The molecule has 0 unspecified atom stereocenters. The first-order valence-electron chi connectivity index (χ1n) is 7.51. The highest BCUT2D eigenvalue weighted by atomic mass is 16.6. The second kappa shape index (κ2) is 5.73. The summed E-state index contributed by atoms with van der Waals surface area (Å²) in [7, 11) is 0. The van der Waals surface area contributed by atoms with Crippen LogP contribution in [0.5, 0.6) is 11.5 Å². The van der Waals surface area contributed by atoms with Crippen LogP contribution in [0.25, 0.3) is 16.9 Å². The van der Waals surface area contributed by atoms with Crippen LogP contribution in [0.2, 0.25) is 0 Å². The second-order valence-corrected chi connectivity index (χ2v) is 5.33. The summed E-state index contributed by atoms with van der Waals surface area (Å²) >= 11 is 0. The monoisotopic (exact) mass is 322 g/mol. The molecule has 0 aliphatic carbocycles. The van der Waals surface area contributed by atoms with Gasteiger partial charge in [-0.25, -0.2) is 9.48 Å². The van der Waals surface area contributed by atoms with Crippen molar-refractivity contribution >= 4 is 5.97 Å². The van der Waals surface area contributed by atoms with Crippen molar-refractivity contribution in [2.24, 2.45) is 0 Å². The van der Waals surface area contributed by atoms with E-state index < -0.39 is 5.97 Å². The van der Waals surface area contributed by atoms with Crippen LogP contribution < -0.4 is 9.47 Å². The Kier molecular flexibility index (Phi) is 3.42. The van der Waals surface area contributed by atoms with E-state index in [9.17, 15) is 9.90 Å². The van der Waals surface area contributed by atoms with Gasteiger partial charge in [0.1, 0.15) is 13.2 Å². The van der Waals surface area contributed by atoms with E-state index in [0.29, 0.717) is 36.1 Å². The summed E-state index contributed by atoms with van der Waals surface area (Å²) in [6, 6.07) is 16.2. The molecule has 1 aliphatic rings. The molecule has 6 nitrogen and oxygen atoms in total. The van der Waals surface area contributed by atoms with Crippen LogP contribution in [0.1, 0.15) is 10.5 Å². The van der Waals surface area contributed by atoms with Gasteiger partial charge in [-0.3, -0.25) is 0 Å². The predicted molar refractivity (Wildman–Crippen MR) is 86.9 cm³/mol. The fourth-order valence-corrected chi connectivity index (χ4v) is 2.64. The van der Waals surface area contributed by atoms with Crippen molar-refractivity contribution in [1.29, 1.82) is 0 Å². The van der Waals surface area contributed by atoms with Crippen LogP contribution in [0.3, 0.4) is 0 Å². The number of fused-ring (bicyclic) bond motifs is 1. The standard InChI is InChI=1S/C18H14N2O4/c21-18(22)15-11-14(19-20(15)13-4-2-1-3-5-13)12-6-7-16-17(10-12)24-9-8-23-16/h1-7,10-11H,8-9H2,(H,21,22). The van der Waals surface area contributed by atoms with Crippen LogP contribution in [0.4, 0.5) is 0 Å². The molecule has 0 fully saturated rings. The highest BCUT2D eigenvalue weighted by Gasteiger charge is 2.18. The summed E-state index contributed by atoms with van der Waals surface area (Å²) in [5, 5.41) is 13.9. The van der Waals surface area contributed by atoms with E-state index in [0.717, 1.165) is 5.56 Å². The number of carboxylic acids is 1. The van der Waals surface area contributed by atoms with E-state index in [1.165, 1.54) is 4.68 Å². The summed E-state index contributed by atoms with van der Waals surface area (Å²) in [4.78, 5) is 11.6. The molecule has 0 radical (unpaired) electrons. The Bertz CT molecular complexity index is 903. The number of hydrogen-bond acceptors (Lipinski definition) is 4. The number of rotatable bonds is 3. The van der Waals surface area contributed by atoms with Crippen molar-refractivity contribution < 1.29 is 19.4 Å². The van der Waals surface area contributed by atoms with Gasteiger partial charge in [0.2, 0.25) is 0 Å². The summed E-state index contributed by atoms with van der Waals surface area (Å²) in [5.41, 5.74) is 2.13. The molecule has 6 heteroatoms. The fraction of sp³-hybridized carbons (Fsp3) is 0.111. The molecular weight excluding hydrogens is 308 g/mol. The summed E-state index contributed by atoms with van der Waals surface area (Å²) in [5.74, 6) is 0.297. The zero-order valence-corrected chi connectivity index (χ0v) is 12.7. The predicted octanol–water partition coefficient (Wildman–Crippen LogP) is 3.01. The van der Waals surface area contributed by atoms with Crippen molar-refractivity contribution in [2.75, 3.05) is 13.2 Å². The minimum absolute atomic E-state index is 0.103. The first-order valence-corrected chi connectivity index (χ1v) is 7.51. The van der Waals surface area contributed by atoms with Gasteiger partial charge in [0.25, 0.3) is 0 Å². The molecule has 1 aromatic heterocycles. The topological polar surface area (TPSA) is 73.6 Å². The van der Waals surface area contributed by atoms with Crippen molar-refractivity contribution in [1.82, 2.24) is 9.78 Å². The Hall–Kier alpha value is -3.28. The number of hydrogen-bond donors (Lipinski definition) is 1. The lowest BCUT2D eigenvalue weighted by Crippen LogP contribution is -2.15. The largest absolute Gasteiger partial charge is 0.486 e. The third kappa shape index (κ3) is 2.48. The molecule has 24 heavy (non-hydrogen) atoms. The highest BCUT2D eigenvalue weighted by molar-refractivity contribution is 5.88. The van der Waals surface area contributed by atoms with E-state index in [1.54, 1.807) is 6.07 Å². The van der Waals surface area contributed by atoms with Gasteiger partial charge >= 0.3 is 5.97 Å². The summed E-state index contributed by atoms with van der Waals surface area (Å²) < 4.78 is 12.5. The molecule has 2 aromatic carbocycles. The van der Waals surface area contributed by atoms with Gasteiger partial charge in [-0.05, 0) is 36.4 Å². The van der Waals surface area contributed by atoms with E-state index in [-0.39, 0.29) is 5.69 Å². The maximum absolute atomic E-state index is 11.6. The Morgan fingerprint density at radius 3 is 2.50 bits per heavy atom. The molecule has 0 saturated heterocycles. The smallest absolute Gasteiger partial charge is 0.354 e. The zero-order chi connectivity index (χ0) is 16.5. The summed E-state index contributed by atoms with van der Waals surface area (Å²) in [6.45, 7) is 1.02. The number of aromatic nitrogens is 2. The minimum Gasteiger partial charge on any atom is -0.486 e. The van der Waals surface area contributed by atoms with Crippen LogP contribution in [0, 0.1) is 0 Å². The van der Waals surface area contributed by atoms with Gasteiger partial charge in [-0.1, -0.05) is 18.2 Å². The SMILES string of the molecule is O=C(O)c1cc(-c2ccc3c(c2)OCCO3)nn1-c1ccccc1. The van der Waals surface area contributed by atoms with Gasteiger partial charge in [0, 0.05) is 5.56 Å².